The highest BCUT2D eigenvalue weighted by Crippen LogP contribution is 2.26. The second-order valence-corrected chi connectivity index (χ2v) is 5.58. The normalized spacial score (nSPS) is 11.1. The second kappa shape index (κ2) is 6.53. The Bertz CT molecular complexity index is 836. The van der Waals surface area contributed by atoms with Gasteiger partial charge in [-0.1, -0.05) is 36.4 Å². The van der Waals surface area contributed by atoms with E-state index in [9.17, 15) is 0 Å². The molecule has 0 N–H and O–H groups in total. The van der Waals surface area contributed by atoms with E-state index in [1.807, 2.05) is 38.5 Å². The predicted octanol–water partition coefficient (Wildman–Crippen LogP) is 4.48. The standard InChI is InChI=1S/C20H20N2O/c1-22(2)17-11-8-15(9-12-17)7-10-16-13-14-21-20-18(16)5-4-6-19(20)23-3/h4-14H,1-3H3/b10-7+. The van der Waals surface area contributed by atoms with E-state index in [0.717, 1.165) is 22.2 Å². The van der Waals surface area contributed by atoms with Crippen molar-refractivity contribution in [2.45, 2.75) is 0 Å². The average molecular weight is 304 g/mol. The number of para-hydroxylation sites is 1. The zero-order chi connectivity index (χ0) is 16.2. The van der Waals surface area contributed by atoms with Gasteiger partial charge in [0.2, 0.25) is 0 Å². The Labute approximate surface area is 136 Å². The molecule has 116 valence electrons. The van der Waals surface area contributed by atoms with Crippen LogP contribution in [0, 0.1) is 0 Å². The van der Waals surface area contributed by atoms with Crippen molar-refractivity contribution < 1.29 is 4.74 Å². The van der Waals surface area contributed by atoms with Crippen LogP contribution in [0.25, 0.3) is 23.1 Å². The van der Waals surface area contributed by atoms with E-state index >= 15 is 0 Å². The molecule has 1 aromatic heterocycles. The molecule has 2 aromatic carbocycles. The van der Waals surface area contributed by atoms with Crippen molar-refractivity contribution in [2.75, 3.05) is 26.1 Å². The van der Waals surface area contributed by atoms with Gasteiger partial charge in [0.05, 0.1) is 7.11 Å². The first-order valence-electron chi connectivity index (χ1n) is 7.56. The van der Waals surface area contributed by atoms with Crippen LogP contribution in [0.5, 0.6) is 5.75 Å². The molecule has 1 heterocycles. The first kappa shape index (κ1) is 15.1. The summed E-state index contributed by atoms with van der Waals surface area (Å²) < 4.78 is 5.39. The van der Waals surface area contributed by atoms with E-state index in [1.54, 1.807) is 7.11 Å². The van der Waals surface area contributed by atoms with E-state index in [2.05, 4.69) is 52.4 Å². The van der Waals surface area contributed by atoms with Gasteiger partial charge in [-0.3, -0.25) is 4.98 Å². The molecule has 0 aliphatic carbocycles. The van der Waals surface area contributed by atoms with Crippen LogP contribution in [0.3, 0.4) is 0 Å². The molecule has 23 heavy (non-hydrogen) atoms. The summed E-state index contributed by atoms with van der Waals surface area (Å²) in [5, 5.41) is 1.09. The molecule has 0 aliphatic heterocycles. The van der Waals surface area contributed by atoms with Crippen LogP contribution >= 0.6 is 0 Å². The minimum absolute atomic E-state index is 0.799. The van der Waals surface area contributed by atoms with Crippen molar-refractivity contribution >= 4 is 28.7 Å². The van der Waals surface area contributed by atoms with Crippen LogP contribution in [-0.2, 0) is 0 Å². The lowest BCUT2D eigenvalue weighted by atomic mass is 10.1. The summed E-state index contributed by atoms with van der Waals surface area (Å²) in [6.45, 7) is 0. The van der Waals surface area contributed by atoms with Crippen molar-refractivity contribution in [1.29, 1.82) is 0 Å². The third-order valence-corrected chi connectivity index (χ3v) is 3.85. The van der Waals surface area contributed by atoms with E-state index in [4.69, 9.17) is 4.74 Å². The molecule has 0 atom stereocenters. The molecule has 0 spiro atoms. The van der Waals surface area contributed by atoms with Crippen molar-refractivity contribution in [2.24, 2.45) is 0 Å². The predicted molar refractivity (Wildman–Crippen MR) is 98.0 cm³/mol. The number of rotatable bonds is 4. The molecular weight excluding hydrogens is 284 g/mol. The molecule has 0 bridgehead atoms. The summed E-state index contributed by atoms with van der Waals surface area (Å²) in [5.74, 6) is 0.799. The lowest BCUT2D eigenvalue weighted by molar-refractivity contribution is 0.419. The molecule has 3 rings (SSSR count). The van der Waals surface area contributed by atoms with Gasteiger partial charge in [0.15, 0.2) is 0 Å². The van der Waals surface area contributed by atoms with Crippen LogP contribution in [0.4, 0.5) is 5.69 Å². The molecule has 3 nitrogen and oxygen atoms in total. The molecular formula is C20H20N2O. The third-order valence-electron chi connectivity index (χ3n) is 3.85. The van der Waals surface area contributed by atoms with Crippen LogP contribution in [0.15, 0.2) is 54.7 Å². The largest absolute Gasteiger partial charge is 0.494 e. The Balaban J connectivity index is 1.95. The van der Waals surface area contributed by atoms with Gasteiger partial charge in [0.25, 0.3) is 0 Å². The highest BCUT2D eigenvalue weighted by atomic mass is 16.5. The Morgan fingerprint density at radius 3 is 2.43 bits per heavy atom. The lowest BCUT2D eigenvalue weighted by Crippen LogP contribution is -2.07. The highest BCUT2D eigenvalue weighted by Gasteiger charge is 2.04. The summed E-state index contributed by atoms with van der Waals surface area (Å²) in [6.07, 6.45) is 6.06. The monoisotopic (exact) mass is 304 g/mol. The van der Waals surface area contributed by atoms with Crippen LogP contribution in [0.2, 0.25) is 0 Å². The molecule has 3 heteroatoms. The van der Waals surface area contributed by atoms with Crippen molar-refractivity contribution in [3.63, 3.8) is 0 Å². The first-order valence-corrected chi connectivity index (χ1v) is 7.56. The molecule has 0 aliphatic rings. The van der Waals surface area contributed by atoms with Crippen molar-refractivity contribution in [3.05, 3.63) is 65.9 Å². The number of hydrogen-bond donors (Lipinski definition) is 0. The average Bonchev–Trinajstić information content (AvgIpc) is 2.59. The number of benzene rings is 2. The summed E-state index contributed by atoms with van der Waals surface area (Å²) in [4.78, 5) is 6.53. The number of anilines is 1. The quantitative estimate of drug-likeness (QED) is 0.710. The SMILES string of the molecule is COc1cccc2c(/C=C/c3ccc(N(C)C)cc3)ccnc12. The Morgan fingerprint density at radius 2 is 1.74 bits per heavy atom. The zero-order valence-electron chi connectivity index (χ0n) is 13.7. The number of hydrogen-bond acceptors (Lipinski definition) is 3. The maximum Gasteiger partial charge on any atom is 0.145 e. The number of aromatic nitrogens is 1. The van der Waals surface area contributed by atoms with Crippen LogP contribution in [-0.4, -0.2) is 26.2 Å². The summed E-state index contributed by atoms with van der Waals surface area (Å²) >= 11 is 0. The molecule has 0 saturated carbocycles. The second-order valence-electron chi connectivity index (χ2n) is 5.58. The van der Waals surface area contributed by atoms with Gasteiger partial charge in [-0.05, 0) is 35.4 Å². The van der Waals surface area contributed by atoms with Gasteiger partial charge < -0.3 is 9.64 Å². The van der Waals surface area contributed by atoms with E-state index in [-0.39, 0.29) is 0 Å². The van der Waals surface area contributed by atoms with E-state index in [1.165, 1.54) is 11.3 Å². The Kier molecular flexibility index (Phi) is 4.29. The number of ether oxygens (including phenoxy) is 1. The molecule has 0 unspecified atom stereocenters. The van der Waals surface area contributed by atoms with Crippen molar-refractivity contribution in [3.8, 4) is 5.75 Å². The Hall–Kier alpha value is -2.81. The van der Waals surface area contributed by atoms with Gasteiger partial charge in [0.1, 0.15) is 11.3 Å². The van der Waals surface area contributed by atoms with Gasteiger partial charge in [-0.15, -0.1) is 0 Å². The van der Waals surface area contributed by atoms with Gasteiger partial charge in [0, 0.05) is 31.4 Å². The highest BCUT2D eigenvalue weighted by molar-refractivity contribution is 5.93. The first-order chi connectivity index (χ1) is 11.2. The minimum Gasteiger partial charge on any atom is -0.494 e. The summed E-state index contributed by atoms with van der Waals surface area (Å²) in [7, 11) is 5.76. The molecule has 0 amide bonds. The third kappa shape index (κ3) is 3.19. The maximum absolute atomic E-state index is 5.39. The number of methoxy groups -OCH3 is 1. The fraction of sp³-hybridized carbons (Fsp3) is 0.150. The maximum atomic E-state index is 5.39. The molecule has 0 saturated heterocycles. The van der Waals surface area contributed by atoms with Crippen LogP contribution < -0.4 is 9.64 Å². The Morgan fingerprint density at radius 1 is 0.957 bits per heavy atom. The number of pyridine rings is 1. The fourth-order valence-electron chi connectivity index (χ4n) is 2.55. The molecule has 0 radical (unpaired) electrons. The van der Waals surface area contributed by atoms with E-state index in [0.29, 0.717) is 0 Å². The van der Waals surface area contributed by atoms with Gasteiger partial charge in [-0.25, -0.2) is 0 Å². The van der Waals surface area contributed by atoms with Crippen LogP contribution in [0.1, 0.15) is 11.1 Å². The summed E-state index contributed by atoms with van der Waals surface area (Å²) in [6, 6.07) is 16.5. The zero-order valence-corrected chi connectivity index (χ0v) is 13.7. The van der Waals surface area contributed by atoms with Crippen molar-refractivity contribution in [1.82, 2.24) is 4.98 Å². The fourth-order valence-corrected chi connectivity index (χ4v) is 2.55. The lowest BCUT2D eigenvalue weighted by Gasteiger charge is -2.11. The van der Waals surface area contributed by atoms with Gasteiger partial charge in [-0.2, -0.15) is 0 Å². The minimum atomic E-state index is 0.799. The smallest absolute Gasteiger partial charge is 0.145 e. The number of fused-ring (bicyclic) bond motifs is 1. The topological polar surface area (TPSA) is 25.4 Å². The molecule has 0 fully saturated rings. The molecule has 3 aromatic rings. The van der Waals surface area contributed by atoms with Gasteiger partial charge >= 0.3 is 0 Å². The van der Waals surface area contributed by atoms with E-state index < -0.39 is 0 Å². The number of nitrogens with zero attached hydrogens (tertiary/aromatic N) is 2. The summed E-state index contributed by atoms with van der Waals surface area (Å²) in [5.41, 5.74) is 4.38.